The fourth-order valence-corrected chi connectivity index (χ4v) is 1.27. The SMILES string of the molecule is CC[C@H](O)Cc1cccc(F)c1C. The Hall–Kier alpha value is -0.890. The molecular weight excluding hydrogens is 167 g/mol. The summed E-state index contributed by atoms with van der Waals surface area (Å²) in [5.74, 6) is -0.194. The van der Waals surface area contributed by atoms with Crippen LogP contribution in [0.25, 0.3) is 0 Å². The standard InChI is InChI=1S/C11H15FO/c1-3-10(13)7-9-5-4-6-11(12)8(9)2/h4-6,10,13H,3,7H2,1-2H3/t10-/m0/s1. The first kappa shape index (κ1) is 10.2. The van der Waals surface area contributed by atoms with E-state index in [2.05, 4.69) is 0 Å². The van der Waals surface area contributed by atoms with Crippen LogP contribution in [0.2, 0.25) is 0 Å². The van der Waals surface area contributed by atoms with E-state index >= 15 is 0 Å². The Morgan fingerprint density at radius 2 is 2.15 bits per heavy atom. The van der Waals surface area contributed by atoms with Gasteiger partial charge in [-0.2, -0.15) is 0 Å². The van der Waals surface area contributed by atoms with Crippen molar-refractivity contribution >= 4 is 0 Å². The minimum Gasteiger partial charge on any atom is -0.393 e. The zero-order valence-electron chi connectivity index (χ0n) is 8.05. The van der Waals surface area contributed by atoms with Gasteiger partial charge in [0.05, 0.1) is 6.10 Å². The van der Waals surface area contributed by atoms with Gasteiger partial charge < -0.3 is 5.11 Å². The number of halogens is 1. The number of benzene rings is 1. The largest absolute Gasteiger partial charge is 0.393 e. The van der Waals surface area contributed by atoms with E-state index in [-0.39, 0.29) is 11.9 Å². The van der Waals surface area contributed by atoms with Crippen LogP contribution in [0.4, 0.5) is 4.39 Å². The number of rotatable bonds is 3. The molecule has 1 nitrogen and oxygen atoms in total. The van der Waals surface area contributed by atoms with E-state index in [1.54, 1.807) is 13.0 Å². The highest BCUT2D eigenvalue weighted by atomic mass is 19.1. The van der Waals surface area contributed by atoms with Crippen molar-refractivity contribution in [2.24, 2.45) is 0 Å². The molecule has 0 amide bonds. The summed E-state index contributed by atoms with van der Waals surface area (Å²) in [6, 6.07) is 4.98. The Bertz CT molecular complexity index is 283. The second-order valence-corrected chi connectivity index (χ2v) is 3.29. The van der Waals surface area contributed by atoms with Crippen molar-refractivity contribution in [2.75, 3.05) is 0 Å². The molecule has 0 heterocycles. The highest BCUT2D eigenvalue weighted by Gasteiger charge is 2.07. The van der Waals surface area contributed by atoms with E-state index in [1.807, 2.05) is 13.0 Å². The Morgan fingerprint density at radius 1 is 1.46 bits per heavy atom. The van der Waals surface area contributed by atoms with Gasteiger partial charge in [0.15, 0.2) is 0 Å². The highest BCUT2D eigenvalue weighted by Crippen LogP contribution is 2.14. The first-order chi connectivity index (χ1) is 6.15. The Kier molecular flexibility index (Phi) is 3.43. The van der Waals surface area contributed by atoms with Gasteiger partial charge in [-0.1, -0.05) is 19.1 Å². The summed E-state index contributed by atoms with van der Waals surface area (Å²) in [6.07, 6.45) is 0.885. The van der Waals surface area contributed by atoms with Crippen LogP contribution in [-0.4, -0.2) is 11.2 Å². The Morgan fingerprint density at radius 3 is 2.77 bits per heavy atom. The second kappa shape index (κ2) is 4.38. The first-order valence-corrected chi connectivity index (χ1v) is 4.57. The molecular formula is C11H15FO. The molecule has 0 saturated carbocycles. The number of aliphatic hydroxyl groups excluding tert-OH is 1. The lowest BCUT2D eigenvalue weighted by Gasteiger charge is -2.10. The highest BCUT2D eigenvalue weighted by molar-refractivity contribution is 5.27. The minimum absolute atomic E-state index is 0.194. The molecule has 1 aromatic carbocycles. The maximum atomic E-state index is 13.1. The Balaban J connectivity index is 2.83. The van der Waals surface area contributed by atoms with E-state index in [9.17, 15) is 9.50 Å². The molecule has 1 atom stereocenters. The van der Waals surface area contributed by atoms with Crippen molar-refractivity contribution in [1.29, 1.82) is 0 Å². The van der Waals surface area contributed by atoms with Crippen LogP contribution in [0.1, 0.15) is 24.5 Å². The molecule has 0 aliphatic carbocycles. The quantitative estimate of drug-likeness (QED) is 0.761. The molecule has 0 aliphatic rings. The summed E-state index contributed by atoms with van der Waals surface area (Å²) in [6.45, 7) is 3.66. The van der Waals surface area contributed by atoms with Crippen molar-refractivity contribution < 1.29 is 9.50 Å². The average molecular weight is 182 g/mol. The van der Waals surface area contributed by atoms with E-state index < -0.39 is 0 Å². The summed E-state index contributed by atoms with van der Waals surface area (Å²) < 4.78 is 13.1. The van der Waals surface area contributed by atoms with E-state index in [0.717, 1.165) is 5.56 Å². The zero-order chi connectivity index (χ0) is 9.84. The van der Waals surface area contributed by atoms with Gasteiger partial charge in [-0.15, -0.1) is 0 Å². The summed E-state index contributed by atoms with van der Waals surface area (Å²) >= 11 is 0. The molecule has 0 radical (unpaired) electrons. The zero-order valence-corrected chi connectivity index (χ0v) is 8.05. The van der Waals surface area contributed by atoms with Crippen molar-refractivity contribution in [2.45, 2.75) is 32.8 Å². The molecule has 0 unspecified atom stereocenters. The molecule has 1 N–H and O–H groups in total. The van der Waals surface area contributed by atoms with Crippen LogP contribution >= 0.6 is 0 Å². The lowest BCUT2D eigenvalue weighted by molar-refractivity contribution is 0.170. The minimum atomic E-state index is -0.361. The van der Waals surface area contributed by atoms with E-state index in [0.29, 0.717) is 18.4 Å². The number of aliphatic hydroxyl groups is 1. The molecule has 13 heavy (non-hydrogen) atoms. The Labute approximate surface area is 78.2 Å². The van der Waals surface area contributed by atoms with Gasteiger partial charge in [-0.05, 0) is 37.0 Å². The molecule has 0 bridgehead atoms. The maximum absolute atomic E-state index is 13.1. The monoisotopic (exact) mass is 182 g/mol. The predicted octanol–water partition coefficient (Wildman–Crippen LogP) is 2.45. The van der Waals surface area contributed by atoms with E-state index in [4.69, 9.17) is 0 Å². The topological polar surface area (TPSA) is 20.2 Å². The van der Waals surface area contributed by atoms with Crippen LogP contribution in [-0.2, 0) is 6.42 Å². The van der Waals surface area contributed by atoms with Crippen LogP contribution in [0.15, 0.2) is 18.2 Å². The van der Waals surface area contributed by atoms with Crippen molar-refractivity contribution in [1.82, 2.24) is 0 Å². The molecule has 0 aromatic heterocycles. The van der Waals surface area contributed by atoms with Crippen LogP contribution in [0.3, 0.4) is 0 Å². The van der Waals surface area contributed by atoms with Crippen LogP contribution in [0, 0.1) is 12.7 Å². The van der Waals surface area contributed by atoms with Crippen molar-refractivity contribution in [3.63, 3.8) is 0 Å². The average Bonchev–Trinajstić information content (AvgIpc) is 2.13. The molecule has 0 spiro atoms. The second-order valence-electron chi connectivity index (χ2n) is 3.29. The van der Waals surface area contributed by atoms with Crippen molar-refractivity contribution in [3.8, 4) is 0 Å². The normalized spacial score (nSPS) is 12.9. The first-order valence-electron chi connectivity index (χ1n) is 4.57. The molecule has 0 aliphatic heterocycles. The molecule has 72 valence electrons. The number of hydrogen-bond acceptors (Lipinski definition) is 1. The van der Waals surface area contributed by atoms with Crippen LogP contribution in [0.5, 0.6) is 0 Å². The maximum Gasteiger partial charge on any atom is 0.126 e. The third-order valence-corrected chi connectivity index (χ3v) is 2.31. The summed E-state index contributed by atoms with van der Waals surface area (Å²) in [5, 5.41) is 9.40. The van der Waals surface area contributed by atoms with Gasteiger partial charge in [-0.3, -0.25) is 0 Å². The van der Waals surface area contributed by atoms with Crippen molar-refractivity contribution in [3.05, 3.63) is 35.1 Å². The molecule has 0 fully saturated rings. The van der Waals surface area contributed by atoms with Gasteiger partial charge in [0.25, 0.3) is 0 Å². The summed E-state index contributed by atoms with van der Waals surface area (Å²) in [4.78, 5) is 0. The van der Waals surface area contributed by atoms with Crippen LogP contribution < -0.4 is 0 Å². The van der Waals surface area contributed by atoms with Gasteiger partial charge in [0.1, 0.15) is 5.82 Å². The van der Waals surface area contributed by atoms with Gasteiger partial charge >= 0.3 is 0 Å². The lowest BCUT2D eigenvalue weighted by atomic mass is 10.0. The third kappa shape index (κ3) is 2.52. The molecule has 0 saturated heterocycles. The van der Waals surface area contributed by atoms with Gasteiger partial charge in [0.2, 0.25) is 0 Å². The smallest absolute Gasteiger partial charge is 0.126 e. The molecule has 1 rings (SSSR count). The van der Waals surface area contributed by atoms with Gasteiger partial charge in [0, 0.05) is 0 Å². The lowest BCUT2D eigenvalue weighted by Crippen LogP contribution is -2.09. The molecule has 1 aromatic rings. The fourth-order valence-electron chi connectivity index (χ4n) is 1.27. The summed E-state index contributed by atoms with van der Waals surface area (Å²) in [5.41, 5.74) is 1.55. The predicted molar refractivity (Wildman–Crippen MR) is 51.1 cm³/mol. The van der Waals surface area contributed by atoms with Gasteiger partial charge in [-0.25, -0.2) is 4.39 Å². The fraction of sp³-hybridized carbons (Fsp3) is 0.455. The number of hydrogen-bond donors (Lipinski definition) is 1. The molecule has 2 heteroatoms. The third-order valence-electron chi connectivity index (χ3n) is 2.31. The summed E-state index contributed by atoms with van der Waals surface area (Å²) in [7, 11) is 0. The van der Waals surface area contributed by atoms with E-state index in [1.165, 1.54) is 6.07 Å².